The first-order valence-electron chi connectivity index (χ1n) is 7.36. The van der Waals surface area contributed by atoms with Crippen molar-refractivity contribution in [2.24, 2.45) is 0 Å². The van der Waals surface area contributed by atoms with Crippen molar-refractivity contribution in [1.29, 1.82) is 0 Å². The molecule has 1 saturated heterocycles. The normalized spacial score (nSPS) is 22.6. The molecule has 1 aromatic rings. The van der Waals surface area contributed by atoms with Gasteiger partial charge >= 0.3 is 6.09 Å². The maximum atomic E-state index is 12.2. The monoisotopic (exact) mass is 277 g/mol. The number of aliphatic hydroxyl groups excluding tert-OH is 1. The number of hydrogen-bond acceptors (Lipinski definition) is 3. The third-order valence-corrected chi connectivity index (χ3v) is 3.74. The molecule has 2 rings (SSSR count). The van der Waals surface area contributed by atoms with Crippen LogP contribution in [0.1, 0.15) is 38.2 Å². The number of ether oxygens (including phenoxy) is 1. The molecule has 4 heteroatoms. The highest BCUT2D eigenvalue weighted by Crippen LogP contribution is 2.22. The molecular formula is C16H23NO3. The molecule has 2 atom stereocenters. The summed E-state index contributed by atoms with van der Waals surface area (Å²) in [4.78, 5) is 13.9. The Hall–Kier alpha value is -1.55. The smallest absolute Gasteiger partial charge is 0.410 e. The highest BCUT2D eigenvalue weighted by atomic mass is 16.6. The first kappa shape index (κ1) is 14.9. The number of benzene rings is 1. The first-order valence-corrected chi connectivity index (χ1v) is 7.36. The molecule has 110 valence electrons. The van der Waals surface area contributed by atoms with Gasteiger partial charge in [0, 0.05) is 6.04 Å². The Bertz CT molecular complexity index is 421. The Morgan fingerprint density at radius 1 is 1.35 bits per heavy atom. The van der Waals surface area contributed by atoms with Crippen molar-refractivity contribution in [3.05, 3.63) is 35.9 Å². The molecule has 1 fully saturated rings. The van der Waals surface area contributed by atoms with Gasteiger partial charge in [-0.15, -0.1) is 0 Å². The number of carbonyl (C=O) groups excluding carboxylic acids is 1. The molecule has 0 radical (unpaired) electrons. The van der Waals surface area contributed by atoms with Crippen molar-refractivity contribution in [2.75, 3.05) is 6.54 Å². The van der Waals surface area contributed by atoms with Crippen LogP contribution in [0.2, 0.25) is 0 Å². The largest absolute Gasteiger partial charge is 0.445 e. The molecule has 1 N–H and O–H groups in total. The van der Waals surface area contributed by atoms with E-state index in [2.05, 4.69) is 6.92 Å². The van der Waals surface area contributed by atoms with Crippen LogP contribution in [0.15, 0.2) is 30.3 Å². The van der Waals surface area contributed by atoms with Gasteiger partial charge in [0.25, 0.3) is 0 Å². The average molecular weight is 277 g/mol. The Balaban J connectivity index is 1.91. The van der Waals surface area contributed by atoms with Gasteiger partial charge in [-0.3, -0.25) is 0 Å². The minimum Gasteiger partial charge on any atom is -0.445 e. The molecule has 1 aliphatic heterocycles. The number of β-amino-alcohol motifs (C(OH)–C–C–N with tert-alkyl or cyclic N) is 1. The van der Waals surface area contributed by atoms with E-state index in [4.69, 9.17) is 4.74 Å². The van der Waals surface area contributed by atoms with Crippen LogP contribution in [0.5, 0.6) is 0 Å². The number of hydrogen-bond donors (Lipinski definition) is 1. The van der Waals surface area contributed by atoms with E-state index in [-0.39, 0.29) is 18.7 Å². The third-order valence-electron chi connectivity index (χ3n) is 3.74. The summed E-state index contributed by atoms with van der Waals surface area (Å²) in [6.07, 6.45) is 2.89. The lowest BCUT2D eigenvalue weighted by Crippen LogP contribution is -2.48. The van der Waals surface area contributed by atoms with Crippen LogP contribution in [-0.4, -0.2) is 34.8 Å². The zero-order valence-corrected chi connectivity index (χ0v) is 12.0. The minimum atomic E-state index is -0.424. The van der Waals surface area contributed by atoms with E-state index in [0.717, 1.165) is 31.2 Å². The van der Waals surface area contributed by atoms with Gasteiger partial charge in [-0.05, 0) is 24.8 Å². The van der Waals surface area contributed by atoms with E-state index in [1.54, 1.807) is 4.90 Å². The number of rotatable bonds is 4. The second kappa shape index (κ2) is 7.29. The zero-order chi connectivity index (χ0) is 14.4. The van der Waals surface area contributed by atoms with Crippen LogP contribution < -0.4 is 0 Å². The summed E-state index contributed by atoms with van der Waals surface area (Å²) in [6, 6.07) is 9.85. The number of carbonyl (C=O) groups is 1. The highest BCUT2D eigenvalue weighted by molar-refractivity contribution is 5.68. The zero-order valence-electron chi connectivity index (χ0n) is 12.0. The van der Waals surface area contributed by atoms with Gasteiger partial charge in [0.1, 0.15) is 6.61 Å². The van der Waals surface area contributed by atoms with Gasteiger partial charge in [-0.25, -0.2) is 4.79 Å². The Morgan fingerprint density at radius 2 is 2.10 bits per heavy atom. The van der Waals surface area contributed by atoms with E-state index < -0.39 is 6.10 Å². The molecule has 0 bridgehead atoms. The van der Waals surface area contributed by atoms with E-state index >= 15 is 0 Å². The molecule has 1 aliphatic rings. The molecule has 0 aliphatic carbocycles. The molecule has 0 unspecified atom stereocenters. The van der Waals surface area contributed by atoms with Crippen molar-refractivity contribution < 1.29 is 14.6 Å². The van der Waals surface area contributed by atoms with Crippen molar-refractivity contribution in [2.45, 2.75) is 51.4 Å². The predicted molar refractivity (Wildman–Crippen MR) is 77.3 cm³/mol. The number of likely N-dealkylation sites (tertiary alicyclic amines) is 1. The summed E-state index contributed by atoms with van der Waals surface area (Å²) in [7, 11) is 0. The summed E-state index contributed by atoms with van der Waals surface area (Å²) in [5.41, 5.74) is 0.977. The van der Waals surface area contributed by atoms with Crippen molar-refractivity contribution in [3.63, 3.8) is 0 Å². The fourth-order valence-corrected chi connectivity index (χ4v) is 2.67. The fraction of sp³-hybridized carbons (Fsp3) is 0.562. The van der Waals surface area contributed by atoms with Crippen molar-refractivity contribution >= 4 is 6.09 Å². The van der Waals surface area contributed by atoms with Crippen LogP contribution in [0.4, 0.5) is 4.79 Å². The molecular weight excluding hydrogens is 254 g/mol. The van der Waals surface area contributed by atoms with E-state index in [1.165, 1.54) is 0 Å². The number of aliphatic hydroxyl groups is 1. The van der Waals surface area contributed by atoms with Crippen molar-refractivity contribution in [1.82, 2.24) is 4.90 Å². The molecule has 0 saturated carbocycles. The molecule has 1 heterocycles. The molecule has 1 aromatic carbocycles. The molecule has 0 spiro atoms. The van der Waals surface area contributed by atoms with Gasteiger partial charge in [-0.1, -0.05) is 43.7 Å². The summed E-state index contributed by atoms with van der Waals surface area (Å²) in [5, 5.41) is 9.75. The first-order chi connectivity index (χ1) is 9.70. The predicted octanol–water partition coefficient (Wildman–Crippen LogP) is 2.95. The number of nitrogens with zero attached hydrogens (tertiary/aromatic N) is 1. The highest BCUT2D eigenvalue weighted by Gasteiger charge is 2.31. The second-order valence-electron chi connectivity index (χ2n) is 5.37. The van der Waals surface area contributed by atoms with Crippen LogP contribution in [-0.2, 0) is 11.3 Å². The van der Waals surface area contributed by atoms with Gasteiger partial charge < -0.3 is 14.7 Å². The van der Waals surface area contributed by atoms with Crippen LogP contribution >= 0.6 is 0 Å². The average Bonchev–Trinajstić information content (AvgIpc) is 2.48. The summed E-state index contributed by atoms with van der Waals surface area (Å²) < 4.78 is 5.37. The van der Waals surface area contributed by atoms with E-state index in [9.17, 15) is 9.90 Å². The minimum absolute atomic E-state index is 0.201. The van der Waals surface area contributed by atoms with Crippen molar-refractivity contribution in [3.8, 4) is 0 Å². The van der Waals surface area contributed by atoms with Crippen LogP contribution in [0, 0.1) is 0 Å². The number of piperidine rings is 1. The molecule has 4 nitrogen and oxygen atoms in total. The van der Waals surface area contributed by atoms with Gasteiger partial charge in [0.15, 0.2) is 0 Å². The number of amides is 1. The summed E-state index contributed by atoms with van der Waals surface area (Å²) in [6.45, 7) is 2.78. The lowest BCUT2D eigenvalue weighted by Gasteiger charge is -2.37. The van der Waals surface area contributed by atoms with Gasteiger partial charge in [-0.2, -0.15) is 0 Å². The molecule has 0 aromatic heterocycles. The van der Waals surface area contributed by atoms with E-state index in [1.807, 2.05) is 30.3 Å². The SMILES string of the molecule is CCC[C@H]1CC[C@H](O)CN1C(=O)OCc1ccccc1. The maximum absolute atomic E-state index is 12.2. The Morgan fingerprint density at radius 3 is 2.80 bits per heavy atom. The van der Waals surface area contributed by atoms with Gasteiger partial charge in [0.2, 0.25) is 0 Å². The lowest BCUT2D eigenvalue weighted by molar-refractivity contribution is 0.0183. The fourth-order valence-electron chi connectivity index (χ4n) is 2.67. The Kier molecular flexibility index (Phi) is 5.41. The molecule has 1 amide bonds. The third kappa shape index (κ3) is 3.97. The maximum Gasteiger partial charge on any atom is 0.410 e. The topological polar surface area (TPSA) is 49.8 Å². The van der Waals surface area contributed by atoms with Crippen LogP contribution in [0.3, 0.4) is 0 Å². The summed E-state index contributed by atoms with van der Waals surface area (Å²) in [5.74, 6) is 0. The second-order valence-corrected chi connectivity index (χ2v) is 5.37. The standard InChI is InChI=1S/C16H23NO3/c1-2-6-14-9-10-15(18)11-17(14)16(19)20-12-13-7-4-3-5-8-13/h3-5,7-8,14-15,18H,2,6,9-12H2,1H3/t14-,15-/m0/s1. The Labute approximate surface area is 120 Å². The lowest BCUT2D eigenvalue weighted by atomic mass is 9.97. The molecule has 20 heavy (non-hydrogen) atoms. The van der Waals surface area contributed by atoms with Gasteiger partial charge in [0.05, 0.1) is 12.6 Å². The van der Waals surface area contributed by atoms with E-state index in [0.29, 0.717) is 6.54 Å². The quantitative estimate of drug-likeness (QED) is 0.920. The summed E-state index contributed by atoms with van der Waals surface area (Å²) >= 11 is 0. The van der Waals surface area contributed by atoms with Crippen LogP contribution in [0.25, 0.3) is 0 Å².